The van der Waals surface area contributed by atoms with E-state index in [4.69, 9.17) is 5.41 Å². The van der Waals surface area contributed by atoms with Gasteiger partial charge >= 0.3 is 6.18 Å². The van der Waals surface area contributed by atoms with Crippen LogP contribution in [0.25, 0.3) is 11.1 Å². The molecule has 0 radical (unpaired) electrons. The highest BCUT2D eigenvalue weighted by Gasteiger charge is 2.44. The third kappa shape index (κ3) is 3.62. The Morgan fingerprint density at radius 3 is 2.34 bits per heavy atom. The second kappa shape index (κ2) is 6.99. The van der Waals surface area contributed by atoms with Gasteiger partial charge in [0.2, 0.25) is 10.0 Å². The first kappa shape index (κ1) is 20.2. The van der Waals surface area contributed by atoms with Crippen LogP contribution in [-0.2, 0) is 16.2 Å². The van der Waals surface area contributed by atoms with E-state index in [2.05, 4.69) is 10.6 Å². The van der Waals surface area contributed by atoms with Crippen molar-refractivity contribution in [3.8, 4) is 11.1 Å². The summed E-state index contributed by atoms with van der Waals surface area (Å²) in [6.45, 7) is 0.886. The number of thiophene rings is 1. The van der Waals surface area contributed by atoms with E-state index in [0.717, 1.165) is 5.38 Å². The van der Waals surface area contributed by atoms with Gasteiger partial charge < -0.3 is 10.6 Å². The van der Waals surface area contributed by atoms with Crippen molar-refractivity contribution >= 4 is 27.3 Å². The van der Waals surface area contributed by atoms with Crippen LogP contribution in [0.4, 0.5) is 13.2 Å². The van der Waals surface area contributed by atoms with Crippen LogP contribution in [0.1, 0.15) is 17.7 Å². The number of alkyl halides is 3. The van der Waals surface area contributed by atoms with Crippen LogP contribution in [0.3, 0.4) is 0 Å². The molecule has 3 heterocycles. The maximum Gasteiger partial charge on any atom is 0.426 e. The fraction of sp³-hybridized carbons (Fsp3) is 0.389. The van der Waals surface area contributed by atoms with Crippen LogP contribution in [-0.4, -0.2) is 43.9 Å². The van der Waals surface area contributed by atoms with Crippen molar-refractivity contribution in [2.45, 2.75) is 29.5 Å². The molecule has 0 bridgehead atoms. The Bertz CT molecular complexity index is 1030. The summed E-state index contributed by atoms with van der Waals surface area (Å²) in [6.07, 6.45) is -3.70. The zero-order valence-corrected chi connectivity index (χ0v) is 16.8. The van der Waals surface area contributed by atoms with Crippen LogP contribution in [0.15, 0.2) is 40.6 Å². The second-order valence-electron chi connectivity index (χ2n) is 7.21. The Balaban J connectivity index is 1.69. The molecule has 6 nitrogen and oxygen atoms in total. The van der Waals surface area contributed by atoms with Crippen molar-refractivity contribution in [1.82, 2.24) is 14.9 Å². The van der Waals surface area contributed by atoms with Crippen molar-refractivity contribution in [3.05, 3.63) is 40.6 Å². The first-order valence-electron chi connectivity index (χ1n) is 8.97. The van der Waals surface area contributed by atoms with Crippen molar-refractivity contribution < 1.29 is 21.6 Å². The standard InChI is InChI=1S/C18H19F3N4O2S2/c19-18(20,21)15-14(12-4-2-1-3-5-12)13(10-28-15)29(26,27)25-8-6-17(7-9-25)11-23-16(22)24-17/h1-5,10H,6-9,11H2,(H3,22,23,24). The van der Waals surface area contributed by atoms with Gasteiger partial charge in [-0.2, -0.15) is 17.5 Å². The molecule has 2 fully saturated rings. The molecule has 2 aromatic rings. The van der Waals surface area contributed by atoms with Crippen LogP contribution >= 0.6 is 11.3 Å². The molecule has 2 aliphatic rings. The van der Waals surface area contributed by atoms with Gasteiger partial charge in [0.1, 0.15) is 9.77 Å². The van der Waals surface area contributed by atoms with Gasteiger partial charge in [-0.25, -0.2) is 8.42 Å². The van der Waals surface area contributed by atoms with Crippen LogP contribution < -0.4 is 10.6 Å². The molecule has 0 saturated carbocycles. The number of nitrogens with zero attached hydrogens (tertiary/aromatic N) is 1. The van der Waals surface area contributed by atoms with E-state index >= 15 is 0 Å². The van der Waals surface area contributed by atoms with Crippen LogP contribution in [0.5, 0.6) is 0 Å². The SMILES string of the molecule is N=C1NCC2(CCN(S(=O)(=O)c3csc(C(F)(F)F)c3-c3ccccc3)CC2)N1. The van der Waals surface area contributed by atoms with Gasteiger partial charge in [0.25, 0.3) is 0 Å². The molecule has 0 aliphatic carbocycles. The van der Waals surface area contributed by atoms with Crippen molar-refractivity contribution in [2.75, 3.05) is 19.6 Å². The number of guanidine groups is 1. The van der Waals surface area contributed by atoms with E-state index in [1.165, 1.54) is 16.4 Å². The molecule has 2 aliphatic heterocycles. The number of rotatable bonds is 3. The van der Waals surface area contributed by atoms with Crippen LogP contribution in [0, 0.1) is 5.41 Å². The summed E-state index contributed by atoms with van der Waals surface area (Å²) < 4.78 is 68.5. The lowest BCUT2D eigenvalue weighted by molar-refractivity contribution is -0.133. The van der Waals surface area contributed by atoms with E-state index in [-0.39, 0.29) is 40.6 Å². The van der Waals surface area contributed by atoms with Gasteiger partial charge in [-0.1, -0.05) is 30.3 Å². The minimum absolute atomic E-state index is 0.176. The van der Waals surface area contributed by atoms with Crippen LogP contribution in [0.2, 0.25) is 0 Å². The Labute approximate surface area is 170 Å². The molecule has 11 heteroatoms. The van der Waals surface area contributed by atoms with Gasteiger partial charge in [-0.15, -0.1) is 11.3 Å². The number of hydrogen-bond donors (Lipinski definition) is 3. The minimum atomic E-state index is -4.64. The largest absolute Gasteiger partial charge is 0.426 e. The van der Waals surface area contributed by atoms with Gasteiger partial charge in [-0.3, -0.25) is 5.41 Å². The Morgan fingerprint density at radius 1 is 1.14 bits per heavy atom. The third-order valence-electron chi connectivity index (χ3n) is 5.37. The maximum atomic E-state index is 13.6. The molecular formula is C18H19F3N4O2S2. The molecule has 1 aromatic carbocycles. The van der Waals surface area contributed by atoms with Gasteiger partial charge in [0, 0.05) is 30.6 Å². The van der Waals surface area contributed by atoms with Gasteiger partial charge in [-0.05, 0) is 18.4 Å². The number of sulfonamides is 1. The van der Waals surface area contributed by atoms with Crippen molar-refractivity contribution in [3.63, 3.8) is 0 Å². The van der Waals surface area contributed by atoms with E-state index in [1.807, 2.05) is 0 Å². The van der Waals surface area contributed by atoms with Crippen molar-refractivity contribution in [1.29, 1.82) is 5.41 Å². The smallest absolute Gasteiger partial charge is 0.354 e. The average Bonchev–Trinajstić information content (AvgIpc) is 3.28. The molecule has 0 amide bonds. The molecule has 3 N–H and O–H groups in total. The molecule has 29 heavy (non-hydrogen) atoms. The summed E-state index contributed by atoms with van der Waals surface area (Å²) in [6, 6.07) is 7.81. The lowest BCUT2D eigenvalue weighted by atomic mass is 9.90. The molecule has 156 valence electrons. The predicted octanol–water partition coefficient (Wildman–Crippen LogP) is 3.08. The maximum absolute atomic E-state index is 13.6. The zero-order valence-electron chi connectivity index (χ0n) is 15.2. The summed E-state index contributed by atoms with van der Waals surface area (Å²) in [7, 11) is -4.10. The van der Waals surface area contributed by atoms with E-state index in [1.54, 1.807) is 18.2 Å². The summed E-state index contributed by atoms with van der Waals surface area (Å²) in [4.78, 5) is -1.21. The topological polar surface area (TPSA) is 85.3 Å². The highest BCUT2D eigenvalue weighted by molar-refractivity contribution is 7.89. The molecule has 1 spiro atoms. The van der Waals surface area contributed by atoms with Gasteiger partial charge in [0.05, 0.1) is 5.54 Å². The van der Waals surface area contributed by atoms with E-state index in [9.17, 15) is 21.6 Å². The third-order valence-corrected chi connectivity index (χ3v) is 8.47. The Hall–Kier alpha value is -2.11. The quantitative estimate of drug-likeness (QED) is 0.679. The number of hydrogen-bond acceptors (Lipinski definition) is 4. The number of benzene rings is 1. The molecule has 0 atom stereocenters. The second-order valence-corrected chi connectivity index (χ2v) is 9.99. The minimum Gasteiger partial charge on any atom is -0.354 e. The number of halogens is 3. The van der Waals surface area contributed by atoms with Gasteiger partial charge in [0.15, 0.2) is 5.96 Å². The summed E-state index contributed by atoms with van der Waals surface area (Å²) >= 11 is 0.407. The Morgan fingerprint density at radius 2 is 1.79 bits per heavy atom. The molecule has 4 rings (SSSR count). The fourth-order valence-electron chi connectivity index (χ4n) is 3.83. The zero-order chi connectivity index (χ0) is 20.9. The average molecular weight is 445 g/mol. The summed E-state index contributed by atoms with van der Waals surface area (Å²) in [5, 5.41) is 14.7. The molecule has 1 aromatic heterocycles. The van der Waals surface area contributed by atoms with E-state index < -0.39 is 21.1 Å². The highest BCUT2D eigenvalue weighted by Crippen LogP contribution is 2.45. The first-order valence-corrected chi connectivity index (χ1v) is 11.3. The Kier molecular flexibility index (Phi) is 4.87. The normalized spacial score (nSPS) is 19.9. The fourth-order valence-corrected chi connectivity index (χ4v) is 6.76. The molecule has 2 saturated heterocycles. The lowest BCUT2D eigenvalue weighted by Gasteiger charge is -2.37. The predicted molar refractivity (Wildman–Crippen MR) is 104 cm³/mol. The van der Waals surface area contributed by atoms with Crippen molar-refractivity contribution in [2.24, 2.45) is 0 Å². The lowest BCUT2D eigenvalue weighted by Crippen LogP contribution is -2.53. The monoisotopic (exact) mass is 444 g/mol. The number of piperidine rings is 1. The summed E-state index contributed by atoms with van der Waals surface area (Å²) in [5.41, 5.74) is -0.439. The summed E-state index contributed by atoms with van der Waals surface area (Å²) in [5.74, 6) is 0.209. The number of nitrogens with one attached hydrogen (secondary N) is 3. The van der Waals surface area contributed by atoms with E-state index in [0.29, 0.717) is 30.7 Å². The molecular weight excluding hydrogens is 425 g/mol. The molecule has 0 unspecified atom stereocenters. The highest BCUT2D eigenvalue weighted by atomic mass is 32.2. The first-order chi connectivity index (χ1) is 13.6.